The zero-order chi connectivity index (χ0) is 19.8. The van der Waals surface area contributed by atoms with Gasteiger partial charge in [0.25, 0.3) is 0 Å². The number of hydrogen-bond acceptors (Lipinski definition) is 5. The molecule has 0 saturated carbocycles. The Balaban J connectivity index is 1.46. The molecule has 2 amide bonds. The van der Waals surface area contributed by atoms with Crippen molar-refractivity contribution in [3.05, 3.63) is 47.8 Å². The van der Waals surface area contributed by atoms with Crippen LogP contribution < -0.4 is 10.8 Å². The molecule has 0 aliphatic rings. The summed E-state index contributed by atoms with van der Waals surface area (Å²) >= 11 is 1.42. The third-order valence-electron chi connectivity index (χ3n) is 4.48. The number of aromatic nitrogens is 1. The Morgan fingerprint density at radius 3 is 2.39 bits per heavy atom. The van der Waals surface area contributed by atoms with E-state index in [0.29, 0.717) is 24.4 Å². The Hall–Kier alpha value is -2.77. The Morgan fingerprint density at radius 1 is 0.929 bits per heavy atom. The number of amides is 2. The molecular formula is C21H23N3O3S. The van der Waals surface area contributed by atoms with E-state index in [2.05, 4.69) is 34.6 Å². The SMILES string of the molecule is O=C(CCCCCCC(=O)Nc1nc(-c2ccc3ccccc3c2)cs1)NO. The molecule has 2 aromatic carbocycles. The first-order chi connectivity index (χ1) is 13.7. The molecule has 28 heavy (non-hydrogen) atoms. The van der Waals surface area contributed by atoms with E-state index in [0.717, 1.165) is 35.9 Å². The highest BCUT2D eigenvalue weighted by atomic mass is 32.1. The van der Waals surface area contributed by atoms with Gasteiger partial charge in [-0.15, -0.1) is 11.3 Å². The molecule has 0 unspecified atom stereocenters. The Labute approximate surface area is 167 Å². The second kappa shape index (κ2) is 9.96. The number of hydroxylamine groups is 1. The van der Waals surface area contributed by atoms with Crippen molar-refractivity contribution in [2.45, 2.75) is 38.5 Å². The van der Waals surface area contributed by atoms with Gasteiger partial charge in [0.05, 0.1) is 5.69 Å². The lowest BCUT2D eigenvalue weighted by Gasteiger charge is -2.03. The van der Waals surface area contributed by atoms with Crippen LogP contribution in [0.1, 0.15) is 38.5 Å². The van der Waals surface area contributed by atoms with Crippen LogP contribution in [0.2, 0.25) is 0 Å². The predicted octanol–water partition coefficient (Wildman–Crippen LogP) is 4.75. The van der Waals surface area contributed by atoms with Gasteiger partial charge in [-0.2, -0.15) is 0 Å². The van der Waals surface area contributed by atoms with Gasteiger partial charge in [-0.25, -0.2) is 10.5 Å². The highest BCUT2D eigenvalue weighted by molar-refractivity contribution is 7.14. The number of anilines is 1. The highest BCUT2D eigenvalue weighted by Gasteiger charge is 2.09. The molecule has 146 valence electrons. The van der Waals surface area contributed by atoms with Crippen molar-refractivity contribution in [1.82, 2.24) is 10.5 Å². The van der Waals surface area contributed by atoms with Gasteiger partial charge in [-0.05, 0) is 29.7 Å². The van der Waals surface area contributed by atoms with E-state index < -0.39 is 0 Å². The highest BCUT2D eigenvalue weighted by Crippen LogP contribution is 2.27. The van der Waals surface area contributed by atoms with Gasteiger partial charge in [-0.1, -0.05) is 49.2 Å². The van der Waals surface area contributed by atoms with Crippen molar-refractivity contribution < 1.29 is 14.8 Å². The molecule has 0 aliphatic heterocycles. The summed E-state index contributed by atoms with van der Waals surface area (Å²) in [7, 11) is 0. The maximum Gasteiger partial charge on any atom is 0.243 e. The van der Waals surface area contributed by atoms with Gasteiger partial charge in [0.2, 0.25) is 11.8 Å². The lowest BCUT2D eigenvalue weighted by Crippen LogP contribution is -2.17. The fraction of sp³-hybridized carbons (Fsp3) is 0.286. The van der Waals surface area contributed by atoms with Crippen LogP contribution in [-0.2, 0) is 9.59 Å². The van der Waals surface area contributed by atoms with Crippen molar-refractivity contribution >= 4 is 39.1 Å². The number of fused-ring (bicyclic) bond motifs is 1. The van der Waals surface area contributed by atoms with Crippen molar-refractivity contribution in [2.24, 2.45) is 0 Å². The van der Waals surface area contributed by atoms with Gasteiger partial charge in [-0.3, -0.25) is 14.8 Å². The van der Waals surface area contributed by atoms with Crippen LogP contribution in [0.15, 0.2) is 47.8 Å². The summed E-state index contributed by atoms with van der Waals surface area (Å²) in [6.07, 6.45) is 3.91. The Kier molecular flexibility index (Phi) is 7.11. The van der Waals surface area contributed by atoms with E-state index in [1.807, 2.05) is 23.6 Å². The van der Waals surface area contributed by atoms with Gasteiger partial charge in [0, 0.05) is 23.8 Å². The Morgan fingerprint density at radius 2 is 1.64 bits per heavy atom. The van der Waals surface area contributed by atoms with E-state index >= 15 is 0 Å². The molecule has 0 radical (unpaired) electrons. The largest absolute Gasteiger partial charge is 0.302 e. The summed E-state index contributed by atoms with van der Waals surface area (Å²) in [6.45, 7) is 0. The normalized spacial score (nSPS) is 10.8. The minimum absolute atomic E-state index is 0.0486. The lowest BCUT2D eigenvalue weighted by molar-refractivity contribution is -0.129. The minimum Gasteiger partial charge on any atom is -0.302 e. The topological polar surface area (TPSA) is 91.3 Å². The molecule has 3 N–H and O–H groups in total. The number of carbonyl (C=O) groups is 2. The molecule has 0 aliphatic carbocycles. The van der Waals surface area contributed by atoms with Crippen LogP contribution in [-0.4, -0.2) is 22.0 Å². The summed E-state index contributed by atoms with van der Waals surface area (Å²) in [5, 5.41) is 16.2. The molecule has 1 heterocycles. The van der Waals surface area contributed by atoms with Crippen LogP contribution in [0, 0.1) is 0 Å². The summed E-state index contributed by atoms with van der Waals surface area (Å²) < 4.78 is 0. The molecule has 0 spiro atoms. The molecule has 7 heteroatoms. The van der Waals surface area contributed by atoms with Crippen LogP contribution in [0.25, 0.3) is 22.0 Å². The number of nitrogens with zero attached hydrogens (tertiary/aromatic N) is 1. The van der Waals surface area contributed by atoms with Crippen molar-refractivity contribution in [2.75, 3.05) is 5.32 Å². The third kappa shape index (κ3) is 5.61. The average molecular weight is 398 g/mol. The number of rotatable bonds is 9. The maximum absolute atomic E-state index is 12.1. The van der Waals surface area contributed by atoms with Gasteiger partial charge in [0.1, 0.15) is 0 Å². The first-order valence-corrected chi connectivity index (χ1v) is 10.2. The third-order valence-corrected chi connectivity index (χ3v) is 5.24. The molecule has 0 bridgehead atoms. The average Bonchev–Trinajstić information content (AvgIpc) is 3.18. The van der Waals surface area contributed by atoms with Crippen LogP contribution in [0.5, 0.6) is 0 Å². The summed E-state index contributed by atoms with van der Waals surface area (Å²) in [6, 6.07) is 14.4. The second-order valence-electron chi connectivity index (χ2n) is 6.60. The van der Waals surface area contributed by atoms with E-state index in [1.165, 1.54) is 16.7 Å². The maximum atomic E-state index is 12.1. The summed E-state index contributed by atoms with van der Waals surface area (Å²) in [4.78, 5) is 27.5. The zero-order valence-corrected chi connectivity index (χ0v) is 16.3. The fourth-order valence-corrected chi connectivity index (χ4v) is 3.71. The van der Waals surface area contributed by atoms with E-state index in [1.54, 1.807) is 5.48 Å². The zero-order valence-electron chi connectivity index (χ0n) is 15.5. The molecule has 1 aromatic heterocycles. The van der Waals surface area contributed by atoms with E-state index in [9.17, 15) is 9.59 Å². The second-order valence-corrected chi connectivity index (χ2v) is 7.46. The lowest BCUT2D eigenvalue weighted by atomic mass is 10.1. The molecule has 3 rings (SSSR count). The van der Waals surface area contributed by atoms with E-state index in [4.69, 9.17) is 5.21 Å². The Bertz CT molecular complexity index is 955. The molecule has 0 fully saturated rings. The standard InChI is InChI=1S/C21H23N3O3S/c25-19(9-3-1-2-4-10-20(26)24-27)23-21-22-18(14-28-21)17-12-11-15-7-5-6-8-16(15)13-17/h5-8,11-14,27H,1-4,9-10H2,(H,24,26)(H,22,23,25). The first-order valence-electron chi connectivity index (χ1n) is 9.33. The monoisotopic (exact) mass is 397 g/mol. The van der Waals surface area contributed by atoms with Gasteiger partial charge < -0.3 is 5.32 Å². The molecule has 0 saturated heterocycles. The van der Waals surface area contributed by atoms with Crippen LogP contribution >= 0.6 is 11.3 Å². The molecular weight excluding hydrogens is 374 g/mol. The number of hydrogen-bond donors (Lipinski definition) is 3. The predicted molar refractivity (Wildman–Crippen MR) is 111 cm³/mol. The van der Waals surface area contributed by atoms with Crippen molar-refractivity contribution in [1.29, 1.82) is 0 Å². The number of carbonyl (C=O) groups excluding carboxylic acids is 2. The minimum atomic E-state index is -0.372. The first kappa shape index (κ1) is 20.0. The number of benzene rings is 2. The van der Waals surface area contributed by atoms with Crippen molar-refractivity contribution in [3.63, 3.8) is 0 Å². The smallest absolute Gasteiger partial charge is 0.243 e. The fourth-order valence-electron chi connectivity index (χ4n) is 2.97. The van der Waals surface area contributed by atoms with Crippen LogP contribution in [0.3, 0.4) is 0 Å². The number of nitrogens with one attached hydrogen (secondary N) is 2. The van der Waals surface area contributed by atoms with Crippen molar-refractivity contribution in [3.8, 4) is 11.3 Å². The van der Waals surface area contributed by atoms with E-state index in [-0.39, 0.29) is 11.8 Å². The summed E-state index contributed by atoms with van der Waals surface area (Å²) in [5.41, 5.74) is 3.50. The molecule has 0 atom stereocenters. The summed E-state index contributed by atoms with van der Waals surface area (Å²) in [5.74, 6) is -0.420. The number of unbranched alkanes of at least 4 members (excludes halogenated alkanes) is 3. The van der Waals surface area contributed by atoms with Crippen LogP contribution in [0.4, 0.5) is 5.13 Å². The quantitative estimate of drug-likeness (QED) is 0.276. The molecule has 3 aromatic rings. The van der Waals surface area contributed by atoms with Gasteiger partial charge in [0.15, 0.2) is 5.13 Å². The molecule has 6 nitrogen and oxygen atoms in total. The van der Waals surface area contributed by atoms with Gasteiger partial charge >= 0.3 is 0 Å². The number of thiazole rings is 1.